The van der Waals surface area contributed by atoms with E-state index in [2.05, 4.69) is 0 Å². The van der Waals surface area contributed by atoms with Gasteiger partial charge in [0.1, 0.15) is 0 Å². The van der Waals surface area contributed by atoms with Crippen molar-refractivity contribution in [1.82, 2.24) is 0 Å². The molecule has 0 saturated heterocycles. The average Bonchev–Trinajstić information content (AvgIpc) is 1.41. The molecule has 0 aromatic rings. The number of hydrogen-bond acceptors (Lipinski definition) is 1. The van der Waals surface area contributed by atoms with Gasteiger partial charge in [0.25, 0.3) is 0 Å². The quantitative estimate of drug-likeness (QED) is 0.518. The second-order valence-electron chi connectivity index (χ2n) is 1.08. The fraction of sp³-hybridized carbons (Fsp3) is 0.500. The van der Waals surface area contributed by atoms with Crippen LogP contribution in [-0.4, -0.2) is 4.89 Å². The molecule has 0 aromatic heterocycles. The molecule has 1 radical (unpaired) electrons. The molecule has 0 heterocycles. The first kappa shape index (κ1) is 22.7. The second-order valence-corrected chi connectivity index (χ2v) is 1.08. The van der Waals surface area contributed by atoms with Crippen LogP contribution in [0.5, 0.6) is 0 Å². The van der Waals surface area contributed by atoms with Gasteiger partial charge in [0.15, 0.2) is 0 Å². The topological polar surface area (TPSA) is 20.2 Å². The van der Waals surface area contributed by atoms with Crippen molar-refractivity contribution in [3.8, 4) is 0 Å². The summed E-state index contributed by atoms with van der Waals surface area (Å²) >= 11 is 0. The van der Waals surface area contributed by atoms with Crippen LogP contribution in [0.25, 0.3) is 0 Å². The molecule has 0 saturated carbocycles. The van der Waals surface area contributed by atoms with Gasteiger partial charge in [-0.1, -0.05) is 13.8 Å². The van der Waals surface area contributed by atoms with Crippen molar-refractivity contribution >= 4 is 9.47 Å². The third-order valence-electron chi connectivity index (χ3n) is 0. The molecule has 49 valence electrons. The maximum atomic E-state index is 6.92. The predicted molar refractivity (Wildman–Crippen MR) is 31.1 cm³/mol. The number of hydrogen-bond donors (Lipinski definition) is 1. The molecule has 0 aliphatic carbocycles. The van der Waals surface area contributed by atoms with Crippen LogP contribution in [0, 0.1) is 6.58 Å². The van der Waals surface area contributed by atoms with E-state index in [1.54, 1.807) is 0 Å². The molecular weight excluding hydrogens is 330 g/mol. The van der Waals surface area contributed by atoms with Gasteiger partial charge in [0.05, 0.1) is 0 Å². The Balaban J connectivity index is -0.0000000183. The van der Waals surface area contributed by atoms with E-state index in [1.807, 2.05) is 13.8 Å². The average molecular weight is 340 g/mol. The second kappa shape index (κ2) is 23.8. The molecule has 0 fully saturated rings. The molecule has 1 nitrogen and oxygen atoms in total. The summed E-state index contributed by atoms with van der Waals surface area (Å²) in [4.78, 5) is 6.92. The van der Waals surface area contributed by atoms with Gasteiger partial charge in [0, 0.05) is 39.6 Å². The summed E-state index contributed by atoms with van der Waals surface area (Å²) in [6.45, 7) is 8.75. The molecule has 0 rings (SSSR count). The Bertz CT molecular complexity index is 39.0. The molecule has 0 amide bonds. The van der Waals surface area contributed by atoms with Crippen molar-refractivity contribution in [3.05, 3.63) is 12.2 Å². The first-order valence-corrected chi connectivity index (χ1v) is 2.06. The van der Waals surface area contributed by atoms with Gasteiger partial charge in [-0.2, -0.15) is 0 Å². The van der Waals surface area contributed by atoms with Crippen molar-refractivity contribution < 1.29 is 44.5 Å². The zero-order valence-corrected chi connectivity index (χ0v) is 10.4. The van der Waals surface area contributed by atoms with E-state index in [9.17, 15) is 0 Å². The maximum Gasteiger partial charge on any atom is 0 e. The van der Waals surface area contributed by atoms with E-state index in [1.165, 1.54) is 9.47 Å². The largest absolute Gasteiger partial charge is 0.515 e. The smallest absolute Gasteiger partial charge is 0 e. The minimum Gasteiger partial charge on any atom is -0.515 e. The molecule has 1 unspecified atom stereocenters. The van der Waals surface area contributed by atoms with Crippen LogP contribution in [0.4, 0.5) is 0 Å². The van der Waals surface area contributed by atoms with Gasteiger partial charge in [-0.25, -0.2) is 0 Å². The summed E-state index contributed by atoms with van der Waals surface area (Å²) in [5, 5.41) is 0. The first-order valence-electron chi connectivity index (χ1n) is 1.55. The predicted octanol–water partition coefficient (Wildman–Crippen LogP) is 1.15. The molecule has 8 heavy (non-hydrogen) atoms. The Morgan fingerprint density at radius 3 is 1.38 bits per heavy atom. The third-order valence-corrected chi connectivity index (χ3v) is 0. The normalized spacial score (nSPS) is 4.00. The van der Waals surface area contributed by atoms with Crippen molar-refractivity contribution in [1.29, 1.82) is 0 Å². The molecule has 1 N–H and O–H groups in total. The minimum atomic E-state index is 0. The van der Waals surface area contributed by atoms with Gasteiger partial charge < -0.3 is 11.5 Å². The summed E-state index contributed by atoms with van der Waals surface area (Å²) in [5.74, 6) is 0. The first-order chi connectivity index (χ1) is 2.73. The Hall–Kier alpha value is 1.40. The van der Waals surface area contributed by atoms with Gasteiger partial charge in [-0.05, 0) is 9.47 Å². The van der Waals surface area contributed by atoms with E-state index in [0.29, 0.717) is 0 Å². The summed E-state index contributed by atoms with van der Waals surface area (Å²) < 4.78 is 0. The summed E-state index contributed by atoms with van der Waals surface area (Å²) in [5.41, 5.74) is 0.917. The van der Waals surface area contributed by atoms with Crippen molar-refractivity contribution in [2.45, 2.75) is 13.8 Å². The fourth-order valence-electron chi connectivity index (χ4n) is 0. The van der Waals surface area contributed by atoms with E-state index in [0.717, 1.165) is 5.57 Å². The third kappa shape index (κ3) is 154. The van der Waals surface area contributed by atoms with Gasteiger partial charge in [-0.3, -0.25) is 5.57 Å². The van der Waals surface area contributed by atoms with Crippen LogP contribution >= 0.6 is 9.47 Å². The minimum absolute atomic E-state index is 0. The summed E-state index contributed by atoms with van der Waals surface area (Å²) in [6, 6.07) is 0. The Morgan fingerprint density at radius 2 is 1.38 bits per heavy atom. The monoisotopic (exact) mass is 340 g/mol. The molecule has 0 aliphatic heterocycles. The summed E-state index contributed by atoms with van der Waals surface area (Å²) in [7, 11) is 1.42. The number of rotatable bonds is 0. The Morgan fingerprint density at radius 1 is 1.38 bits per heavy atom. The van der Waals surface area contributed by atoms with Crippen LogP contribution < -0.4 is 0 Å². The van der Waals surface area contributed by atoms with E-state index >= 15 is 0 Å². The molecule has 1 atom stereocenters. The molecule has 4 heteroatoms. The standard InChI is InChI=1S/C4H7.H3OP.V.W/c1-4(2)3;1-2;;/h1H,2-3H3;1H,2H2;;/q-1;;;. The molecule has 0 aliphatic rings. The van der Waals surface area contributed by atoms with Crippen molar-refractivity contribution in [3.63, 3.8) is 0 Å². The fourth-order valence-corrected chi connectivity index (χ4v) is 0. The van der Waals surface area contributed by atoms with E-state index in [4.69, 9.17) is 11.5 Å². The van der Waals surface area contributed by atoms with E-state index in [-0.39, 0.29) is 39.6 Å². The molecule has 0 aromatic carbocycles. The van der Waals surface area contributed by atoms with Crippen LogP contribution in [-0.2, 0) is 39.6 Å². The number of allylic oxidation sites excluding steroid dienone is 1. The Labute approximate surface area is 79.8 Å². The van der Waals surface area contributed by atoms with Crippen molar-refractivity contribution in [2.75, 3.05) is 0 Å². The van der Waals surface area contributed by atoms with Crippen LogP contribution in [0.2, 0.25) is 0 Å². The van der Waals surface area contributed by atoms with Crippen molar-refractivity contribution in [2.24, 2.45) is 0 Å². The van der Waals surface area contributed by atoms with Crippen LogP contribution in [0.3, 0.4) is 0 Å². The Kier molecular flexibility index (Phi) is 67.5. The maximum absolute atomic E-state index is 6.92. The van der Waals surface area contributed by atoms with Gasteiger partial charge >= 0.3 is 0 Å². The molecular formula is C4H10OPVW-. The zero-order chi connectivity index (χ0) is 5.58. The van der Waals surface area contributed by atoms with E-state index < -0.39 is 0 Å². The summed E-state index contributed by atoms with van der Waals surface area (Å²) in [6.07, 6.45) is 0. The SMILES string of the molecule is OP.[CH-]=C(C)C.[V].[W]. The molecule has 0 bridgehead atoms. The van der Waals surface area contributed by atoms with Gasteiger partial charge in [0.2, 0.25) is 0 Å². The zero-order valence-electron chi connectivity index (χ0n) is 4.96. The van der Waals surface area contributed by atoms with Crippen LogP contribution in [0.15, 0.2) is 5.57 Å². The van der Waals surface area contributed by atoms with Gasteiger partial charge in [-0.15, -0.1) is 0 Å². The molecule has 0 spiro atoms. The van der Waals surface area contributed by atoms with Crippen LogP contribution in [0.1, 0.15) is 13.8 Å².